The molecule has 1 atom stereocenters. The summed E-state index contributed by atoms with van der Waals surface area (Å²) in [4.78, 5) is 29.1. The van der Waals surface area contributed by atoms with Gasteiger partial charge in [-0.2, -0.15) is 0 Å². The molecule has 174 valence electrons. The summed E-state index contributed by atoms with van der Waals surface area (Å²) < 4.78 is 1.62. The number of amides is 2. The number of nitrogens with one attached hydrogen (secondary N) is 1. The third-order valence-corrected chi connectivity index (χ3v) is 6.51. The van der Waals surface area contributed by atoms with Crippen molar-refractivity contribution in [1.29, 1.82) is 0 Å². The van der Waals surface area contributed by atoms with Crippen molar-refractivity contribution in [3.8, 4) is 0 Å². The van der Waals surface area contributed by atoms with E-state index >= 15 is 0 Å². The highest BCUT2D eigenvalue weighted by Gasteiger charge is 2.42. The van der Waals surface area contributed by atoms with Crippen molar-refractivity contribution in [3.63, 3.8) is 0 Å². The van der Waals surface area contributed by atoms with Crippen LogP contribution in [0.1, 0.15) is 64.1 Å². The molecule has 0 aliphatic heterocycles. The Bertz CT molecular complexity index is 1130. The Kier molecular flexibility index (Phi) is 6.49. The molecule has 1 aliphatic carbocycles. The lowest BCUT2D eigenvalue weighted by atomic mass is 9.97. The number of benzene rings is 2. The number of nitrogens with zero attached hydrogens (tertiary/aromatic N) is 4. The van der Waals surface area contributed by atoms with Gasteiger partial charge in [0, 0.05) is 11.6 Å². The van der Waals surface area contributed by atoms with Crippen molar-refractivity contribution in [3.05, 3.63) is 59.7 Å². The van der Waals surface area contributed by atoms with Crippen molar-refractivity contribution in [2.75, 3.05) is 0 Å². The topological polar surface area (TPSA) is 80.1 Å². The highest BCUT2D eigenvalue weighted by molar-refractivity contribution is 5.90. The lowest BCUT2D eigenvalue weighted by molar-refractivity contribution is -0.143. The van der Waals surface area contributed by atoms with Crippen LogP contribution in [0.25, 0.3) is 11.0 Å². The van der Waals surface area contributed by atoms with Gasteiger partial charge < -0.3 is 10.2 Å². The number of hydrogen-bond donors (Lipinski definition) is 1. The summed E-state index contributed by atoms with van der Waals surface area (Å²) in [6, 6.07) is 15.0. The Labute approximate surface area is 195 Å². The molecule has 1 aromatic heterocycles. The molecule has 0 saturated heterocycles. The number of rotatable bonds is 9. The summed E-state index contributed by atoms with van der Waals surface area (Å²) in [5.74, 6) is -0.267. The first-order chi connectivity index (χ1) is 15.8. The van der Waals surface area contributed by atoms with Gasteiger partial charge in [-0.1, -0.05) is 55.5 Å². The van der Waals surface area contributed by atoms with Gasteiger partial charge in [-0.25, -0.2) is 4.68 Å². The summed E-state index contributed by atoms with van der Waals surface area (Å²) in [7, 11) is 0. The van der Waals surface area contributed by atoms with Gasteiger partial charge in [0.15, 0.2) is 0 Å². The van der Waals surface area contributed by atoms with E-state index in [0.29, 0.717) is 0 Å². The van der Waals surface area contributed by atoms with Crippen LogP contribution in [0.5, 0.6) is 0 Å². The van der Waals surface area contributed by atoms with Gasteiger partial charge >= 0.3 is 0 Å². The van der Waals surface area contributed by atoms with Gasteiger partial charge in [0.25, 0.3) is 0 Å². The molecule has 1 fully saturated rings. The van der Waals surface area contributed by atoms with Crippen molar-refractivity contribution in [2.45, 2.75) is 77.5 Å². The third kappa shape index (κ3) is 5.07. The van der Waals surface area contributed by atoms with E-state index in [0.717, 1.165) is 42.3 Å². The van der Waals surface area contributed by atoms with Crippen LogP contribution in [-0.2, 0) is 22.6 Å². The third-order valence-electron chi connectivity index (χ3n) is 6.51. The van der Waals surface area contributed by atoms with Gasteiger partial charge in [-0.15, -0.1) is 5.10 Å². The Morgan fingerprint density at radius 3 is 2.45 bits per heavy atom. The summed E-state index contributed by atoms with van der Waals surface area (Å²) >= 11 is 0. The fraction of sp³-hybridized carbons (Fsp3) is 0.462. The van der Waals surface area contributed by atoms with Crippen LogP contribution in [0, 0.1) is 0 Å². The van der Waals surface area contributed by atoms with Crippen LogP contribution in [0.3, 0.4) is 0 Å². The van der Waals surface area contributed by atoms with E-state index in [1.54, 1.807) is 9.58 Å². The van der Waals surface area contributed by atoms with Gasteiger partial charge in [-0.05, 0) is 62.8 Å². The van der Waals surface area contributed by atoms with Gasteiger partial charge in [-0.3, -0.25) is 9.59 Å². The molecular formula is C26H33N5O2. The maximum Gasteiger partial charge on any atom is 0.247 e. The average Bonchev–Trinajstić information content (AvgIpc) is 3.57. The SMILES string of the molecule is CCc1ccc([C@H](C(=O)NC(C)(C)CC)N(C(=O)Cn2nnc3ccccc32)C2CC2)cc1. The number of aromatic nitrogens is 3. The minimum Gasteiger partial charge on any atom is -0.349 e. The van der Waals surface area contributed by atoms with E-state index in [4.69, 9.17) is 0 Å². The molecular weight excluding hydrogens is 414 g/mol. The molecule has 7 nitrogen and oxygen atoms in total. The summed E-state index contributed by atoms with van der Waals surface area (Å²) in [6.07, 6.45) is 3.52. The van der Waals surface area contributed by atoms with Gasteiger partial charge in [0.1, 0.15) is 18.1 Å². The molecule has 0 spiro atoms. The molecule has 2 aromatic carbocycles. The monoisotopic (exact) mass is 447 g/mol. The zero-order chi connectivity index (χ0) is 23.6. The number of carbonyl (C=O) groups is 2. The Balaban J connectivity index is 1.68. The van der Waals surface area contributed by atoms with Crippen LogP contribution in [0.2, 0.25) is 0 Å². The van der Waals surface area contributed by atoms with Crippen LogP contribution < -0.4 is 5.32 Å². The second-order valence-corrected chi connectivity index (χ2v) is 9.49. The molecule has 4 rings (SSSR count). The summed E-state index contributed by atoms with van der Waals surface area (Å²) in [6.45, 7) is 8.21. The minimum atomic E-state index is -0.684. The quantitative estimate of drug-likeness (QED) is 0.537. The molecule has 0 unspecified atom stereocenters. The first-order valence-electron chi connectivity index (χ1n) is 11.8. The molecule has 0 bridgehead atoms. The maximum absolute atomic E-state index is 13.7. The first kappa shape index (κ1) is 23.0. The van der Waals surface area contributed by atoms with Gasteiger partial charge in [0.05, 0.1) is 5.52 Å². The maximum atomic E-state index is 13.7. The van der Waals surface area contributed by atoms with E-state index < -0.39 is 6.04 Å². The number of aryl methyl sites for hydroxylation is 1. The molecule has 0 radical (unpaired) electrons. The lowest BCUT2D eigenvalue weighted by Crippen LogP contribution is -2.51. The predicted molar refractivity (Wildman–Crippen MR) is 128 cm³/mol. The van der Waals surface area contributed by atoms with Crippen LogP contribution in [-0.4, -0.2) is 43.3 Å². The number of para-hydroxylation sites is 1. The predicted octanol–water partition coefficient (Wildman–Crippen LogP) is 4.03. The minimum absolute atomic E-state index is 0.0466. The number of carbonyl (C=O) groups excluding carboxylic acids is 2. The van der Waals surface area contributed by atoms with Crippen LogP contribution >= 0.6 is 0 Å². The van der Waals surface area contributed by atoms with E-state index in [1.165, 1.54) is 5.56 Å². The number of hydrogen-bond acceptors (Lipinski definition) is 4. The molecule has 7 heteroatoms. The molecule has 1 aliphatic rings. The van der Waals surface area contributed by atoms with Gasteiger partial charge in [0.2, 0.25) is 11.8 Å². The molecule has 1 heterocycles. The van der Waals surface area contributed by atoms with Crippen molar-refractivity contribution in [2.24, 2.45) is 0 Å². The normalized spacial score (nSPS) is 14.8. The fourth-order valence-electron chi connectivity index (χ4n) is 4.02. The van der Waals surface area contributed by atoms with E-state index in [-0.39, 0.29) is 29.9 Å². The second kappa shape index (κ2) is 9.33. The smallest absolute Gasteiger partial charge is 0.247 e. The summed E-state index contributed by atoms with van der Waals surface area (Å²) in [5.41, 5.74) is 3.23. The highest BCUT2D eigenvalue weighted by Crippen LogP contribution is 2.36. The lowest BCUT2D eigenvalue weighted by Gasteiger charge is -2.35. The van der Waals surface area contributed by atoms with Crippen molar-refractivity contribution < 1.29 is 9.59 Å². The molecule has 1 N–H and O–H groups in total. The fourth-order valence-corrected chi connectivity index (χ4v) is 4.02. The molecule has 2 amide bonds. The van der Waals surface area contributed by atoms with Crippen molar-refractivity contribution >= 4 is 22.8 Å². The standard InChI is InChI=1S/C26H33N5O2/c1-5-18-11-13-19(14-12-18)24(25(33)27-26(3,4)6-2)31(20-15-16-20)23(32)17-30-22-10-8-7-9-21(22)28-29-30/h7-14,20,24H,5-6,15-17H2,1-4H3,(H,27,33)/t24-/m1/s1. The van der Waals surface area contributed by atoms with E-state index in [1.807, 2.05) is 69.3 Å². The molecule has 33 heavy (non-hydrogen) atoms. The first-order valence-corrected chi connectivity index (χ1v) is 11.8. The highest BCUT2D eigenvalue weighted by atomic mass is 16.2. The zero-order valence-corrected chi connectivity index (χ0v) is 19.9. The zero-order valence-electron chi connectivity index (χ0n) is 19.9. The second-order valence-electron chi connectivity index (χ2n) is 9.49. The van der Waals surface area contributed by atoms with E-state index in [9.17, 15) is 9.59 Å². The summed E-state index contributed by atoms with van der Waals surface area (Å²) in [5, 5.41) is 11.5. The average molecular weight is 448 g/mol. The Morgan fingerprint density at radius 2 is 1.82 bits per heavy atom. The van der Waals surface area contributed by atoms with Crippen LogP contribution in [0.15, 0.2) is 48.5 Å². The van der Waals surface area contributed by atoms with E-state index in [2.05, 4.69) is 22.6 Å². The van der Waals surface area contributed by atoms with Crippen LogP contribution in [0.4, 0.5) is 0 Å². The molecule has 3 aromatic rings. The molecule has 1 saturated carbocycles. The Morgan fingerprint density at radius 1 is 1.12 bits per heavy atom. The number of fused-ring (bicyclic) bond motifs is 1. The Hall–Kier alpha value is -3.22. The van der Waals surface area contributed by atoms with Crippen molar-refractivity contribution in [1.82, 2.24) is 25.2 Å². The largest absolute Gasteiger partial charge is 0.349 e.